The fraction of sp³-hybridized carbons (Fsp3) is 0.696. The monoisotopic (exact) mass is 355 g/mol. The van der Waals surface area contributed by atoms with Gasteiger partial charge in [-0.2, -0.15) is 0 Å². The summed E-state index contributed by atoms with van der Waals surface area (Å²) in [6.45, 7) is 8.22. The van der Waals surface area contributed by atoms with Crippen LogP contribution in [-0.4, -0.2) is 34.6 Å². The van der Waals surface area contributed by atoms with Crippen molar-refractivity contribution in [1.29, 1.82) is 0 Å². The smallest absolute Gasteiger partial charge is 0.225 e. The summed E-state index contributed by atoms with van der Waals surface area (Å²) in [6.07, 6.45) is 6.30. The molecule has 1 amide bonds. The first-order valence-corrected chi connectivity index (χ1v) is 10.4. The highest BCUT2D eigenvalue weighted by Crippen LogP contribution is 2.50. The van der Waals surface area contributed by atoms with Gasteiger partial charge in [0.15, 0.2) is 0 Å². The molecule has 1 saturated heterocycles. The number of rotatable bonds is 4. The van der Waals surface area contributed by atoms with Crippen LogP contribution in [0.1, 0.15) is 69.9 Å². The molecule has 2 saturated carbocycles. The molecule has 3 heteroatoms. The molecule has 3 nitrogen and oxygen atoms in total. The van der Waals surface area contributed by atoms with Crippen molar-refractivity contribution in [1.82, 2.24) is 4.90 Å². The summed E-state index contributed by atoms with van der Waals surface area (Å²) < 4.78 is 0. The van der Waals surface area contributed by atoms with Crippen LogP contribution in [0.3, 0.4) is 0 Å². The molecule has 1 aromatic rings. The summed E-state index contributed by atoms with van der Waals surface area (Å²) >= 11 is 0. The number of carbonyl (C=O) groups excluding carboxylic acids is 1. The van der Waals surface area contributed by atoms with E-state index in [0.29, 0.717) is 24.2 Å². The molecule has 142 valence electrons. The van der Waals surface area contributed by atoms with Crippen LogP contribution in [0.5, 0.6) is 0 Å². The third kappa shape index (κ3) is 3.43. The summed E-state index contributed by atoms with van der Waals surface area (Å²) in [5.74, 6) is 1.71. The summed E-state index contributed by atoms with van der Waals surface area (Å²) in [4.78, 5) is 14.6. The van der Waals surface area contributed by atoms with Crippen molar-refractivity contribution >= 4 is 5.91 Å². The van der Waals surface area contributed by atoms with Crippen molar-refractivity contribution in [2.45, 2.75) is 70.8 Å². The Balaban J connectivity index is 1.26. The molecule has 0 bridgehead atoms. The van der Waals surface area contributed by atoms with Gasteiger partial charge in [0, 0.05) is 24.4 Å². The van der Waals surface area contributed by atoms with Crippen LogP contribution < -0.4 is 0 Å². The predicted octanol–water partition coefficient (Wildman–Crippen LogP) is 4.14. The number of nitrogens with zero attached hydrogens (tertiary/aromatic N) is 1. The Hall–Kier alpha value is -1.35. The Labute approximate surface area is 157 Å². The minimum absolute atomic E-state index is 0.0685. The second kappa shape index (κ2) is 6.37. The van der Waals surface area contributed by atoms with Gasteiger partial charge in [0.2, 0.25) is 5.91 Å². The molecule has 2 aliphatic carbocycles. The first-order chi connectivity index (χ1) is 12.3. The summed E-state index contributed by atoms with van der Waals surface area (Å²) in [7, 11) is 0. The van der Waals surface area contributed by atoms with Gasteiger partial charge in [0.25, 0.3) is 0 Å². The van der Waals surface area contributed by atoms with Gasteiger partial charge in [-0.1, -0.05) is 38.1 Å². The van der Waals surface area contributed by atoms with Gasteiger partial charge in [0.05, 0.1) is 5.60 Å². The third-order valence-corrected chi connectivity index (χ3v) is 7.06. The molecule has 26 heavy (non-hydrogen) atoms. The maximum absolute atomic E-state index is 12.5. The minimum Gasteiger partial charge on any atom is -0.390 e. The maximum Gasteiger partial charge on any atom is 0.225 e. The Morgan fingerprint density at radius 3 is 2.42 bits per heavy atom. The quantitative estimate of drug-likeness (QED) is 0.882. The minimum atomic E-state index is -0.605. The maximum atomic E-state index is 12.5. The zero-order valence-corrected chi connectivity index (χ0v) is 16.5. The third-order valence-electron chi connectivity index (χ3n) is 7.06. The Morgan fingerprint density at radius 1 is 1.19 bits per heavy atom. The van der Waals surface area contributed by atoms with E-state index >= 15 is 0 Å². The molecule has 0 aromatic heterocycles. The van der Waals surface area contributed by atoms with Gasteiger partial charge in [-0.15, -0.1) is 0 Å². The van der Waals surface area contributed by atoms with Crippen LogP contribution in [0.25, 0.3) is 0 Å². The topological polar surface area (TPSA) is 40.5 Å². The fourth-order valence-corrected chi connectivity index (χ4v) is 5.51. The van der Waals surface area contributed by atoms with Crippen LogP contribution in [0.15, 0.2) is 24.3 Å². The largest absolute Gasteiger partial charge is 0.390 e. The predicted molar refractivity (Wildman–Crippen MR) is 104 cm³/mol. The average molecular weight is 356 g/mol. The molecule has 4 rings (SSSR count). The van der Waals surface area contributed by atoms with Crippen LogP contribution in [0.4, 0.5) is 0 Å². The van der Waals surface area contributed by atoms with E-state index in [1.54, 1.807) is 0 Å². The van der Waals surface area contributed by atoms with Gasteiger partial charge < -0.3 is 10.0 Å². The molecule has 1 N–H and O–H groups in total. The van der Waals surface area contributed by atoms with E-state index in [-0.39, 0.29) is 11.8 Å². The lowest BCUT2D eigenvalue weighted by Gasteiger charge is -2.52. The molecule has 3 aliphatic rings. The van der Waals surface area contributed by atoms with E-state index in [4.69, 9.17) is 0 Å². The number of benzene rings is 1. The van der Waals surface area contributed by atoms with Crippen molar-refractivity contribution in [3.05, 3.63) is 35.4 Å². The summed E-state index contributed by atoms with van der Waals surface area (Å²) in [6, 6.07) is 9.17. The zero-order valence-electron chi connectivity index (χ0n) is 16.5. The van der Waals surface area contributed by atoms with Gasteiger partial charge >= 0.3 is 0 Å². The molecule has 1 aliphatic heterocycles. The lowest BCUT2D eigenvalue weighted by atomic mass is 9.69. The van der Waals surface area contributed by atoms with Crippen molar-refractivity contribution in [2.75, 3.05) is 13.1 Å². The molecule has 1 heterocycles. The first-order valence-electron chi connectivity index (χ1n) is 10.4. The van der Waals surface area contributed by atoms with E-state index in [2.05, 4.69) is 43.0 Å². The average Bonchev–Trinajstić information content (AvgIpc) is 2.95. The fourth-order valence-electron chi connectivity index (χ4n) is 5.51. The van der Waals surface area contributed by atoms with E-state index < -0.39 is 5.60 Å². The first kappa shape index (κ1) is 18.0. The summed E-state index contributed by atoms with van der Waals surface area (Å²) in [5, 5.41) is 9.86. The molecule has 0 radical (unpaired) electrons. The van der Waals surface area contributed by atoms with Crippen LogP contribution in [0, 0.1) is 17.3 Å². The number of hydrogen-bond donors (Lipinski definition) is 1. The van der Waals surface area contributed by atoms with Crippen LogP contribution in [-0.2, 0) is 11.2 Å². The normalized spacial score (nSPS) is 32.6. The molecular weight excluding hydrogens is 322 g/mol. The molecule has 1 aromatic carbocycles. The lowest BCUT2D eigenvalue weighted by Crippen LogP contribution is -2.61. The van der Waals surface area contributed by atoms with E-state index in [1.807, 2.05) is 6.92 Å². The second-order valence-electron chi connectivity index (χ2n) is 10.0. The Kier molecular flexibility index (Phi) is 4.42. The standard InChI is InChI=1S/C23H33NO2/c1-16(2)19-6-4-17(5-7-19)10-18-8-9-23(11-18)14-24(15-23)21(25)20-12-22(3,26)13-20/h4-7,16,18,20,26H,8-15H2,1-3H3/t18?,20-,22+. The lowest BCUT2D eigenvalue weighted by molar-refractivity contribution is -0.161. The van der Waals surface area contributed by atoms with Crippen molar-refractivity contribution in [3.8, 4) is 0 Å². The van der Waals surface area contributed by atoms with E-state index in [9.17, 15) is 9.90 Å². The molecule has 1 spiro atoms. The number of aliphatic hydroxyl groups is 1. The van der Waals surface area contributed by atoms with Crippen molar-refractivity contribution in [3.63, 3.8) is 0 Å². The Bertz CT molecular complexity index is 662. The van der Waals surface area contributed by atoms with Crippen molar-refractivity contribution in [2.24, 2.45) is 17.3 Å². The molecule has 1 unspecified atom stereocenters. The van der Waals surface area contributed by atoms with Gasteiger partial charge in [-0.25, -0.2) is 0 Å². The van der Waals surface area contributed by atoms with Gasteiger partial charge in [0.1, 0.15) is 0 Å². The highest BCUT2D eigenvalue weighted by molar-refractivity contribution is 5.81. The highest BCUT2D eigenvalue weighted by Gasteiger charge is 2.52. The molecular formula is C23H33NO2. The molecule has 3 fully saturated rings. The van der Waals surface area contributed by atoms with E-state index in [1.165, 1.54) is 36.8 Å². The van der Waals surface area contributed by atoms with Crippen LogP contribution >= 0.6 is 0 Å². The van der Waals surface area contributed by atoms with E-state index in [0.717, 1.165) is 19.0 Å². The van der Waals surface area contributed by atoms with Gasteiger partial charge in [-0.05, 0) is 68.4 Å². The Morgan fingerprint density at radius 2 is 1.85 bits per heavy atom. The number of likely N-dealkylation sites (tertiary alicyclic amines) is 1. The number of hydrogen-bond acceptors (Lipinski definition) is 2. The molecule has 1 atom stereocenters. The highest BCUT2D eigenvalue weighted by atomic mass is 16.3. The van der Waals surface area contributed by atoms with Crippen molar-refractivity contribution < 1.29 is 9.90 Å². The SMILES string of the molecule is CC(C)c1ccc(CC2CCC3(C2)CN(C(=O)[C@H]2C[C@@](C)(O)C2)C3)cc1. The summed E-state index contributed by atoms with van der Waals surface area (Å²) in [5.41, 5.74) is 2.66. The van der Waals surface area contributed by atoms with Crippen LogP contribution in [0.2, 0.25) is 0 Å². The number of amides is 1. The second-order valence-corrected chi connectivity index (χ2v) is 10.0. The number of carbonyl (C=O) groups is 1. The van der Waals surface area contributed by atoms with Gasteiger partial charge in [-0.3, -0.25) is 4.79 Å². The zero-order chi connectivity index (χ0) is 18.5.